The van der Waals surface area contributed by atoms with Gasteiger partial charge in [-0.05, 0) is 0 Å². The molecule has 2 rings (SSSR count). The molecule has 0 amide bonds. The highest BCUT2D eigenvalue weighted by Gasteiger charge is 2.12. The van der Waals surface area contributed by atoms with E-state index < -0.39 is 22.9 Å². The molecular weight excluding hydrogens is 244 g/mol. The van der Waals surface area contributed by atoms with Crippen LogP contribution in [-0.4, -0.2) is 9.55 Å². The summed E-state index contributed by atoms with van der Waals surface area (Å²) in [6.45, 7) is 0. The summed E-state index contributed by atoms with van der Waals surface area (Å²) in [4.78, 5) is 15.2. The highest BCUT2D eigenvalue weighted by Crippen LogP contribution is 2.25. The molecule has 1 aromatic heterocycles. The van der Waals surface area contributed by atoms with E-state index in [1.807, 2.05) is 0 Å². The summed E-state index contributed by atoms with van der Waals surface area (Å²) in [5.74, 6) is -2.50. The van der Waals surface area contributed by atoms with Crippen LogP contribution in [0.5, 0.6) is 11.6 Å². The number of anilines is 1. The van der Waals surface area contributed by atoms with Crippen LogP contribution >= 0.6 is 0 Å². The lowest BCUT2D eigenvalue weighted by atomic mass is 10.3. The van der Waals surface area contributed by atoms with Gasteiger partial charge in [0.1, 0.15) is 5.82 Å². The third-order valence-corrected chi connectivity index (χ3v) is 2.24. The van der Waals surface area contributed by atoms with Gasteiger partial charge in [0.25, 0.3) is 5.88 Å². The molecule has 5 nitrogen and oxygen atoms in total. The zero-order valence-corrected chi connectivity index (χ0v) is 9.35. The zero-order chi connectivity index (χ0) is 13.3. The molecule has 0 fully saturated rings. The average Bonchev–Trinajstić information content (AvgIpc) is 2.32. The predicted molar refractivity (Wildman–Crippen MR) is 60.3 cm³/mol. The molecule has 7 heteroatoms. The van der Waals surface area contributed by atoms with Crippen molar-refractivity contribution < 1.29 is 13.5 Å². The van der Waals surface area contributed by atoms with E-state index in [0.29, 0.717) is 0 Å². The number of ether oxygens (including phenoxy) is 1. The van der Waals surface area contributed by atoms with Gasteiger partial charge in [-0.15, -0.1) is 0 Å². The highest BCUT2D eigenvalue weighted by atomic mass is 19.1. The van der Waals surface area contributed by atoms with Gasteiger partial charge in [-0.3, -0.25) is 4.79 Å². The van der Waals surface area contributed by atoms with Crippen molar-refractivity contribution in [3.8, 4) is 11.6 Å². The van der Waals surface area contributed by atoms with E-state index in [2.05, 4.69) is 4.98 Å². The summed E-state index contributed by atoms with van der Waals surface area (Å²) < 4.78 is 32.8. The fourth-order valence-corrected chi connectivity index (χ4v) is 1.27. The standard InChI is InChI=1S/C11H9F2N3O2/c1-16-3-2-15-10(11(16)17)18-9-5-6(12)8(14)4-7(9)13/h2-5H,14H2,1H3. The maximum absolute atomic E-state index is 13.4. The topological polar surface area (TPSA) is 70.1 Å². The molecular formula is C11H9F2N3O2. The van der Waals surface area contributed by atoms with Crippen LogP contribution in [0.15, 0.2) is 29.3 Å². The van der Waals surface area contributed by atoms with Crippen LogP contribution in [0, 0.1) is 11.6 Å². The van der Waals surface area contributed by atoms with Crippen LogP contribution in [0.1, 0.15) is 0 Å². The number of hydrogen-bond donors (Lipinski definition) is 1. The Morgan fingerprint density at radius 2 is 2.06 bits per heavy atom. The number of benzene rings is 1. The number of hydrogen-bond acceptors (Lipinski definition) is 4. The van der Waals surface area contributed by atoms with Gasteiger partial charge in [0.2, 0.25) is 0 Å². The second kappa shape index (κ2) is 4.44. The molecule has 1 heterocycles. The van der Waals surface area contributed by atoms with Gasteiger partial charge in [-0.25, -0.2) is 13.8 Å². The second-order valence-electron chi connectivity index (χ2n) is 3.55. The average molecular weight is 253 g/mol. The molecule has 0 bridgehead atoms. The normalized spacial score (nSPS) is 10.4. The quantitative estimate of drug-likeness (QED) is 0.822. The molecule has 0 aliphatic carbocycles. The van der Waals surface area contributed by atoms with Crippen molar-refractivity contribution in [2.45, 2.75) is 0 Å². The Bertz CT molecular complexity index is 655. The van der Waals surface area contributed by atoms with E-state index in [4.69, 9.17) is 10.5 Å². The van der Waals surface area contributed by atoms with Gasteiger partial charge >= 0.3 is 5.56 Å². The Balaban J connectivity index is 2.43. The minimum atomic E-state index is -0.874. The third kappa shape index (κ3) is 2.15. The number of nitrogens with zero attached hydrogens (tertiary/aromatic N) is 2. The van der Waals surface area contributed by atoms with Gasteiger partial charge in [0.05, 0.1) is 5.69 Å². The number of rotatable bonds is 2. The van der Waals surface area contributed by atoms with Gasteiger partial charge in [-0.1, -0.05) is 0 Å². The molecule has 0 saturated heterocycles. The minimum Gasteiger partial charge on any atom is -0.431 e. The molecule has 0 spiro atoms. The lowest BCUT2D eigenvalue weighted by Crippen LogP contribution is -2.18. The van der Waals surface area contributed by atoms with Crippen molar-refractivity contribution in [3.05, 3.63) is 46.5 Å². The molecule has 0 saturated carbocycles. The molecule has 0 unspecified atom stereocenters. The van der Waals surface area contributed by atoms with Crippen molar-refractivity contribution in [3.63, 3.8) is 0 Å². The first-order chi connectivity index (χ1) is 8.49. The molecule has 18 heavy (non-hydrogen) atoms. The third-order valence-electron chi connectivity index (χ3n) is 2.24. The molecule has 2 aromatic rings. The maximum Gasteiger partial charge on any atom is 0.313 e. The number of aryl methyl sites for hydroxylation is 1. The zero-order valence-electron chi connectivity index (χ0n) is 9.35. The van der Waals surface area contributed by atoms with Crippen molar-refractivity contribution >= 4 is 5.69 Å². The van der Waals surface area contributed by atoms with E-state index in [1.54, 1.807) is 0 Å². The molecule has 0 radical (unpaired) electrons. The fourth-order valence-electron chi connectivity index (χ4n) is 1.27. The maximum atomic E-state index is 13.4. The minimum absolute atomic E-state index is 0.339. The molecule has 2 N–H and O–H groups in total. The molecule has 0 aliphatic rings. The number of nitrogen functional groups attached to an aromatic ring is 1. The first-order valence-corrected chi connectivity index (χ1v) is 4.93. The van der Waals surface area contributed by atoms with E-state index >= 15 is 0 Å². The van der Waals surface area contributed by atoms with Crippen LogP contribution in [0.3, 0.4) is 0 Å². The fraction of sp³-hybridized carbons (Fsp3) is 0.0909. The number of halogens is 2. The summed E-state index contributed by atoms with van der Waals surface area (Å²) in [6.07, 6.45) is 2.72. The van der Waals surface area contributed by atoms with Crippen molar-refractivity contribution in [1.82, 2.24) is 9.55 Å². The smallest absolute Gasteiger partial charge is 0.313 e. The van der Waals surface area contributed by atoms with Gasteiger partial charge < -0.3 is 15.0 Å². The SMILES string of the molecule is Cn1ccnc(Oc2cc(F)c(N)cc2F)c1=O. The second-order valence-corrected chi connectivity index (χ2v) is 3.55. The Labute approximate surface area is 100 Å². The van der Waals surface area contributed by atoms with Gasteiger partial charge in [0.15, 0.2) is 11.6 Å². The molecule has 94 valence electrons. The summed E-state index contributed by atoms with van der Waals surface area (Å²) in [5, 5.41) is 0. The van der Waals surface area contributed by atoms with E-state index in [9.17, 15) is 13.6 Å². The first-order valence-electron chi connectivity index (χ1n) is 4.93. The Morgan fingerprint density at radius 1 is 1.33 bits per heavy atom. The van der Waals surface area contributed by atoms with Crippen LogP contribution in [-0.2, 0) is 7.05 Å². The van der Waals surface area contributed by atoms with Crippen molar-refractivity contribution in [1.29, 1.82) is 0 Å². The monoisotopic (exact) mass is 253 g/mol. The number of aromatic nitrogens is 2. The van der Waals surface area contributed by atoms with E-state index in [1.165, 1.54) is 24.0 Å². The van der Waals surface area contributed by atoms with E-state index in [0.717, 1.165) is 12.1 Å². The molecule has 0 aliphatic heterocycles. The van der Waals surface area contributed by atoms with Crippen molar-refractivity contribution in [2.24, 2.45) is 7.05 Å². The molecule has 1 aromatic carbocycles. The van der Waals surface area contributed by atoms with E-state index in [-0.39, 0.29) is 11.6 Å². The lowest BCUT2D eigenvalue weighted by molar-refractivity contribution is 0.413. The lowest BCUT2D eigenvalue weighted by Gasteiger charge is -2.07. The van der Waals surface area contributed by atoms with Crippen LogP contribution in [0.4, 0.5) is 14.5 Å². The van der Waals surface area contributed by atoms with Crippen LogP contribution < -0.4 is 16.0 Å². The Kier molecular flexibility index (Phi) is 2.97. The van der Waals surface area contributed by atoms with Crippen LogP contribution in [0.2, 0.25) is 0 Å². The number of nitrogens with two attached hydrogens (primary N) is 1. The Morgan fingerprint density at radius 3 is 2.78 bits per heavy atom. The summed E-state index contributed by atoms with van der Waals surface area (Å²) in [6, 6.07) is 1.54. The van der Waals surface area contributed by atoms with Crippen molar-refractivity contribution in [2.75, 3.05) is 5.73 Å². The summed E-state index contributed by atoms with van der Waals surface area (Å²) in [5.41, 5.74) is 4.28. The Hall–Kier alpha value is -2.44. The predicted octanol–water partition coefficient (Wildman–Crippen LogP) is 1.43. The summed E-state index contributed by atoms with van der Waals surface area (Å²) >= 11 is 0. The highest BCUT2D eigenvalue weighted by molar-refractivity contribution is 5.45. The van der Waals surface area contributed by atoms with Gasteiger partial charge in [0, 0.05) is 31.6 Å². The summed E-state index contributed by atoms with van der Waals surface area (Å²) in [7, 11) is 1.48. The largest absolute Gasteiger partial charge is 0.431 e. The molecule has 0 atom stereocenters. The van der Waals surface area contributed by atoms with Gasteiger partial charge in [-0.2, -0.15) is 0 Å². The van der Waals surface area contributed by atoms with Crippen LogP contribution in [0.25, 0.3) is 0 Å². The first kappa shape index (κ1) is 12.0.